The Balaban J connectivity index is 2.27. The quantitative estimate of drug-likeness (QED) is 0.469. The van der Waals surface area contributed by atoms with E-state index in [0.717, 1.165) is 0 Å². The molecule has 0 aliphatic carbocycles. The van der Waals surface area contributed by atoms with E-state index < -0.39 is 6.30 Å². The van der Waals surface area contributed by atoms with E-state index in [2.05, 4.69) is 5.32 Å². The van der Waals surface area contributed by atoms with Gasteiger partial charge >= 0.3 is 0 Å². The zero-order valence-corrected chi connectivity index (χ0v) is 8.69. The summed E-state index contributed by atoms with van der Waals surface area (Å²) in [5, 5.41) is 11.2. The fraction of sp³-hybridized carbons (Fsp3) is 0.364. The summed E-state index contributed by atoms with van der Waals surface area (Å²) in [4.78, 5) is 1.60. The van der Waals surface area contributed by atoms with Gasteiger partial charge in [0.1, 0.15) is 0 Å². The van der Waals surface area contributed by atoms with Gasteiger partial charge in [0.2, 0.25) is 0 Å². The van der Waals surface area contributed by atoms with Gasteiger partial charge in [-0.25, -0.2) is 4.39 Å². The molecule has 84 valence electrons. The van der Waals surface area contributed by atoms with Crippen molar-refractivity contribution in [3.05, 3.63) is 24.3 Å². The van der Waals surface area contributed by atoms with Gasteiger partial charge in [0, 0.05) is 6.54 Å². The smallest absolute Gasteiger partial charge is 0.196 e. The molecule has 1 N–H and O–H groups in total. The molecule has 2 rings (SSSR count). The molecule has 0 spiro atoms. The number of alkyl halides is 1. The second-order valence-electron chi connectivity index (χ2n) is 3.46. The van der Waals surface area contributed by atoms with E-state index >= 15 is 0 Å². The average Bonchev–Trinajstić information content (AvgIpc) is 2.31. The van der Waals surface area contributed by atoms with E-state index in [4.69, 9.17) is 10.00 Å². The van der Waals surface area contributed by atoms with Crippen molar-refractivity contribution < 1.29 is 9.13 Å². The van der Waals surface area contributed by atoms with E-state index in [1.54, 1.807) is 23.1 Å². The molecule has 1 aromatic carbocycles. The maximum absolute atomic E-state index is 13.6. The molecule has 1 atom stereocenters. The molecule has 0 amide bonds. The van der Waals surface area contributed by atoms with E-state index in [1.165, 1.54) is 0 Å². The molecule has 16 heavy (non-hydrogen) atoms. The summed E-state index contributed by atoms with van der Waals surface area (Å²) in [6.45, 7) is 1.06. The van der Waals surface area contributed by atoms with Crippen molar-refractivity contribution in [2.24, 2.45) is 0 Å². The molecule has 1 aliphatic heterocycles. The lowest BCUT2D eigenvalue weighted by Crippen LogP contribution is -2.43. The van der Waals surface area contributed by atoms with Crippen LogP contribution < -0.4 is 10.2 Å². The number of hydrogen-bond acceptors (Lipinski definition) is 4. The highest BCUT2D eigenvalue weighted by Crippen LogP contribution is 2.28. The Kier molecular flexibility index (Phi) is 3.22. The summed E-state index contributed by atoms with van der Waals surface area (Å²) < 4.78 is 18.7. The van der Waals surface area contributed by atoms with Crippen LogP contribution in [0.3, 0.4) is 0 Å². The van der Waals surface area contributed by atoms with Gasteiger partial charge in [-0.1, -0.05) is 12.1 Å². The zero-order chi connectivity index (χ0) is 11.4. The van der Waals surface area contributed by atoms with Crippen LogP contribution in [-0.2, 0) is 4.74 Å². The average molecular weight is 221 g/mol. The molecule has 1 unspecified atom stereocenters. The molecule has 1 aromatic rings. The van der Waals surface area contributed by atoms with Crippen LogP contribution in [0, 0.1) is 11.5 Å². The monoisotopic (exact) mass is 221 g/mol. The summed E-state index contributed by atoms with van der Waals surface area (Å²) >= 11 is 0. The molecule has 0 radical (unpaired) electrons. The number of ether oxygens (including phenoxy) is 1. The van der Waals surface area contributed by atoms with Gasteiger partial charge in [-0.15, -0.1) is 0 Å². The Labute approximate surface area is 93.2 Å². The summed E-state index contributed by atoms with van der Waals surface area (Å²) in [5.74, 6) is 0. The molecule has 0 aromatic heterocycles. The van der Waals surface area contributed by atoms with Crippen LogP contribution in [0.1, 0.15) is 0 Å². The number of hydrogen-bond donors (Lipinski definition) is 1. The summed E-state index contributed by atoms with van der Waals surface area (Å²) in [5.41, 5.74) is 1.31. The van der Waals surface area contributed by atoms with Crippen LogP contribution in [0.4, 0.5) is 15.8 Å². The predicted molar refractivity (Wildman–Crippen MR) is 58.7 cm³/mol. The lowest BCUT2D eigenvalue weighted by atomic mass is 10.2. The highest BCUT2D eigenvalue weighted by molar-refractivity contribution is 5.71. The van der Waals surface area contributed by atoms with Crippen molar-refractivity contribution >= 4 is 11.4 Å². The lowest BCUT2D eigenvalue weighted by molar-refractivity contribution is 0.0497. The third-order valence-corrected chi connectivity index (χ3v) is 2.47. The van der Waals surface area contributed by atoms with E-state index in [9.17, 15) is 4.39 Å². The molecule has 0 bridgehead atoms. The Bertz CT molecular complexity index is 404. The van der Waals surface area contributed by atoms with Crippen LogP contribution in [0.15, 0.2) is 24.3 Å². The normalized spacial score (nSPS) is 20.2. The fourth-order valence-corrected chi connectivity index (χ4v) is 1.73. The van der Waals surface area contributed by atoms with E-state index in [1.807, 2.05) is 12.3 Å². The molecule has 5 heteroatoms. The molecule has 1 heterocycles. The Morgan fingerprint density at radius 1 is 1.50 bits per heavy atom. The first-order valence-electron chi connectivity index (χ1n) is 5.05. The van der Waals surface area contributed by atoms with E-state index in [0.29, 0.717) is 24.5 Å². The number of nitrogens with one attached hydrogen (secondary N) is 1. The number of benzene rings is 1. The van der Waals surface area contributed by atoms with Crippen LogP contribution in [0.25, 0.3) is 0 Å². The van der Waals surface area contributed by atoms with Crippen molar-refractivity contribution in [3.8, 4) is 6.19 Å². The third-order valence-electron chi connectivity index (χ3n) is 2.47. The van der Waals surface area contributed by atoms with Gasteiger partial charge in [0.15, 0.2) is 12.5 Å². The van der Waals surface area contributed by atoms with Crippen LogP contribution in [0.2, 0.25) is 0 Å². The van der Waals surface area contributed by atoms with Gasteiger partial charge in [-0.3, -0.25) is 5.32 Å². The fourth-order valence-electron chi connectivity index (χ4n) is 1.73. The summed E-state index contributed by atoms with van der Waals surface area (Å²) in [7, 11) is 0. The molecule has 1 fully saturated rings. The molecule has 1 saturated heterocycles. The minimum absolute atomic E-state index is 0.0703. The highest BCUT2D eigenvalue weighted by atomic mass is 19.1. The topological polar surface area (TPSA) is 48.3 Å². The second-order valence-corrected chi connectivity index (χ2v) is 3.46. The van der Waals surface area contributed by atoms with E-state index in [-0.39, 0.29) is 6.61 Å². The van der Waals surface area contributed by atoms with Crippen molar-refractivity contribution in [3.63, 3.8) is 0 Å². The highest BCUT2D eigenvalue weighted by Gasteiger charge is 2.24. The number of halogens is 1. The second kappa shape index (κ2) is 4.81. The van der Waals surface area contributed by atoms with Crippen molar-refractivity contribution in [1.82, 2.24) is 0 Å². The lowest BCUT2D eigenvalue weighted by Gasteiger charge is -2.33. The van der Waals surface area contributed by atoms with Gasteiger partial charge in [-0.05, 0) is 12.1 Å². The number of nitriles is 1. The first kappa shape index (κ1) is 10.7. The van der Waals surface area contributed by atoms with Gasteiger partial charge < -0.3 is 9.64 Å². The maximum atomic E-state index is 13.6. The SMILES string of the molecule is N#CNc1ccccc1N1CCOCC1F. The number of anilines is 2. The molecule has 1 aliphatic rings. The Hall–Kier alpha value is -1.80. The van der Waals surface area contributed by atoms with Gasteiger partial charge in [0.25, 0.3) is 0 Å². The first-order chi connectivity index (χ1) is 7.83. The molecule has 0 saturated carbocycles. The number of morpholine rings is 1. The van der Waals surface area contributed by atoms with Crippen molar-refractivity contribution in [2.75, 3.05) is 30.0 Å². The minimum Gasteiger partial charge on any atom is -0.375 e. The molecule has 4 nitrogen and oxygen atoms in total. The maximum Gasteiger partial charge on any atom is 0.196 e. The van der Waals surface area contributed by atoms with Crippen LogP contribution in [-0.4, -0.2) is 26.1 Å². The number of rotatable bonds is 2. The predicted octanol–water partition coefficient (Wildman–Crippen LogP) is 1.71. The summed E-state index contributed by atoms with van der Waals surface area (Å²) in [6.07, 6.45) is 0.691. The van der Waals surface area contributed by atoms with Crippen LogP contribution in [0.5, 0.6) is 0 Å². The standard InChI is InChI=1S/C11H12FN3O/c12-11-7-16-6-5-15(11)10-4-2-1-3-9(10)14-8-13/h1-4,11,14H,5-7H2. The first-order valence-corrected chi connectivity index (χ1v) is 5.05. The number of nitrogens with zero attached hydrogens (tertiary/aromatic N) is 2. The Morgan fingerprint density at radius 3 is 3.06 bits per heavy atom. The molecular weight excluding hydrogens is 209 g/mol. The third kappa shape index (κ3) is 2.07. The number of para-hydroxylation sites is 2. The van der Waals surface area contributed by atoms with Crippen molar-refractivity contribution in [1.29, 1.82) is 5.26 Å². The van der Waals surface area contributed by atoms with Crippen LogP contribution >= 0.6 is 0 Å². The largest absolute Gasteiger partial charge is 0.375 e. The van der Waals surface area contributed by atoms with Gasteiger partial charge in [0.05, 0.1) is 24.6 Å². The van der Waals surface area contributed by atoms with Crippen molar-refractivity contribution in [2.45, 2.75) is 6.30 Å². The zero-order valence-electron chi connectivity index (χ0n) is 8.69. The minimum atomic E-state index is -1.16. The summed E-state index contributed by atoms with van der Waals surface area (Å²) in [6, 6.07) is 7.16. The Morgan fingerprint density at radius 2 is 2.31 bits per heavy atom. The molecular formula is C11H12FN3O. The van der Waals surface area contributed by atoms with Gasteiger partial charge in [-0.2, -0.15) is 5.26 Å².